The van der Waals surface area contributed by atoms with Gasteiger partial charge in [0.2, 0.25) is 0 Å². The second-order valence-corrected chi connectivity index (χ2v) is 10.1. The van der Waals surface area contributed by atoms with Crippen molar-refractivity contribution >= 4 is 0 Å². The summed E-state index contributed by atoms with van der Waals surface area (Å²) < 4.78 is 12.1. The fourth-order valence-electron chi connectivity index (χ4n) is 6.52. The molecule has 0 N–H and O–H groups in total. The van der Waals surface area contributed by atoms with Crippen molar-refractivity contribution in [2.75, 3.05) is 6.67 Å². The third kappa shape index (κ3) is 6.60. The summed E-state index contributed by atoms with van der Waals surface area (Å²) in [6.07, 6.45) is 25.3. The first-order chi connectivity index (χ1) is 13.8. The highest BCUT2D eigenvalue weighted by molar-refractivity contribution is 4.91. The van der Waals surface area contributed by atoms with Crippen molar-refractivity contribution in [2.24, 2.45) is 35.5 Å². The molecule has 0 saturated heterocycles. The molecule has 0 amide bonds. The molecule has 0 spiro atoms. The molecule has 0 bridgehead atoms. The molecule has 3 aliphatic rings. The Morgan fingerprint density at radius 2 is 1.14 bits per heavy atom. The van der Waals surface area contributed by atoms with Crippen molar-refractivity contribution < 1.29 is 4.39 Å². The largest absolute Gasteiger partial charge is 0.251 e. The fraction of sp³-hybridized carbons (Fsp3) is 0.885. The average molecular weight is 388 g/mol. The first kappa shape index (κ1) is 21.9. The number of halogens is 1. The zero-order valence-corrected chi connectivity index (χ0v) is 18.0. The van der Waals surface area contributed by atoms with Gasteiger partial charge in [0.1, 0.15) is 0 Å². The van der Waals surface area contributed by atoms with E-state index < -0.39 is 0 Å². The highest BCUT2D eigenvalue weighted by Crippen LogP contribution is 2.46. The smallest absolute Gasteiger partial charge is 0.0897 e. The lowest BCUT2D eigenvalue weighted by Crippen LogP contribution is -2.29. The lowest BCUT2D eigenvalue weighted by Gasteiger charge is -2.41. The van der Waals surface area contributed by atoms with Crippen LogP contribution < -0.4 is 0 Å². The molecule has 0 unspecified atom stereocenters. The van der Waals surface area contributed by atoms with Crippen LogP contribution in [0.3, 0.4) is 0 Å². The van der Waals surface area contributed by atoms with Crippen LogP contribution >= 0.6 is 0 Å². The third-order valence-electron chi connectivity index (χ3n) is 8.41. The van der Waals surface area contributed by atoms with Crippen LogP contribution in [0.5, 0.6) is 0 Å². The number of hydrogen-bond donors (Lipinski definition) is 0. The van der Waals surface area contributed by atoms with Gasteiger partial charge in [0.15, 0.2) is 0 Å². The van der Waals surface area contributed by atoms with Gasteiger partial charge in [-0.05, 0) is 119 Å². The van der Waals surface area contributed by atoms with Crippen LogP contribution in [0, 0.1) is 46.8 Å². The van der Waals surface area contributed by atoms with Crippen LogP contribution in [0.15, 0.2) is 12.2 Å². The van der Waals surface area contributed by atoms with E-state index in [0.29, 0.717) is 12.3 Å². The average Bonchev–Trinajstić information content (AvgIpc) is 2.77. The van der Waals surface area contributed by atoms with Crippen molar-refractivity contribution in [3.63, 3.8) is 0 Å². The predicted molar refractivity (Wildman–Crippen MR) is 116 cm³/mol. The molecule has 3 fully saturated rings. The molecule has 0 atom stereocenters. The molecule has 3 rings (SSSR count). The number of allylic oxidation sites excluding steroid dienone is 2. The van der Waals surface area contributed by atoms with Crippen molar-refractivity contribution in [1.29, 1.82) is 5.26 Å². The maximum atomic E-state index is 12.1. The summed E-state index contributed by atoms with van der Waals surface area (Å²) in [6, 6.07) is 2.49. The number of unbranched alkanes of at least 4 members (excludes halogenated alkanes) is 1. The third-order valence-corrected chi connectivity index (χ3v) is 8.41. The van der Waals surface area contributed by atoms with E-state index >= 15 is 0 Å². The van der Waals surface area contributed by atoms with Gasteiger partial charge >= 0.3 is 0 Å². The van der Waals surface area contributed by atoms with Crippen molar-refractivity contribution in [3.05, 3.63) is 12.2 Å². The monoisotopic (exact) mass is 387 g/mol. The minimum Gasteiger partial charge on any atom is -0.251 e. The molecule has 0 aromatic heterocycles. The molecule has 0 radical (unpaired) electrons. The molecule has 158 valence electrons. The Morgan fingerprint density at radius 1 is 0.679 bits per heavy atom. The Labute approximate surface area is 173 Å². The SMILES string of the molecule is N#CC1CCC(C2CCC(C3CCC(CCC=CCCCF)CC3)CC2)CC1. The van der Waals surface area contributed by atoms with Gasteiger partial charge < -0.3 is 0 Å². The van der Waals surface area contributed by atoms with Gasteiger partial charge in [-0.2, -0.15) is 5.26 Å². The van der Waals surface area contributed by atoms with Gasteiger partial charge in [-0.1, -0.05) is 25.0 Å². The Kier molecular flexibility index (Phi) is 9.36. The molecule has 0 aliphatic heterocycles. The van der Waals surface area contributed by atoms with Crippen LogP contribution in [0.2, 0.25) is 0 Å². The van der Waals surface area contributed by atoms with Crippen LogP contribution in [-0.2, 0) is 0 Å². The number of hydrogen-bond acceptors (Lipinski definition) is 1. The van der Waals surface area contributed by atoms with E-state index in [0.717, 1.165) is 48.9 Å². The first-order valence-corrected chi connectivity index (χ1v) is 12.4. The van der Waals surface area contributed by atoms with E-state index in [4.69, 9.17) is 5.26 Å². The minimum atomic E-state index is -0.182. The minimum absolute atomic E-state index is 0.182. The Morgan fingerprint density at radius 3 is 1.64 bits per heavy atom. The molecule has 0 heterocycles. The van der Waals surface area contributed by atoms with Crippen LogP contribution in [-0.4, -0.2) is 6.67 Å². The maximum absolute atomic E-state index is 12.1. The summed E-state index contributed by atoms with van der Waals surface area (Å²) in [6.45, 7) is -0.182. The second-order valence-electron chi connectivity index (χ2n) is 10.1. The predicted octanol–water partition coefficient (Wildman–Crippen LogP) is 8.02. The van der Waals surface area contributed by atoms with Gasteiger partial charge in [-0.25, -0.2) is 0 Å². The highest BCUT2D eigenvalue weighted by Gasteiger charge is 2.34. The van der Waals surface area contributed by atoms with Gasteiger partial charge in [-0.15, -0.1) is 0 Å². The number of rotatable bonds is 8. The lowest BCUT2D eigenvalue weighted by atomic mass is 9.65. The van der Waals surface area contributed by atoms with Gasteiger partial charge in [0.25, 0.3) is 0 Å². The quantitative estimate of drug-likeness (QED) is 0.305. The van der Waals surface area contributed by atoms with Crippen LogP contribution in [0.1, 0.15) is 103 Å². The first-order valence-electron chi connectivity index (χ1n) is 12.4. The number of alkyl halides is 1. The molecule has 1 nitrogen and oxygen atoms in total. The zero-order valence-electron chi connectivity index (χ0n) is 18.0. The summed E-state index contributed by atoms with van der Waals surface area (Å²) in [5, 5.41) is 9.11. The molecule has 28 heavy (non-hydrogen) atoms. The normalized spacial score (nSPS) is 37.0. The maximum Gasteiger partial charge on any atom is 0.0897 e. The van der Waals surface area contributed by atoms with Gasteiger partial charge in [0.05, 0.1) is 12.7 Å². The Hall–Kier alpha value is -0.840. The van der Waals surface area contributed by atoms with E-state index in [1.807, 2.05) is 0 Å². The molecule has 3 aliphatic carbocycles. The number of nitriles is 1. The van der Waals surface area contributed by atoms with Crippen molar-refractivity contribution in [2.45, 2.75) is 103 Å². The summed E-state index contributed by atoms with van der Waals surface area (Å²) >= 11 is 0. The molecule has 0 aromatic carbocycles. The van der Waals surface area contributed by atoms with Gasteiger partial charge in [-0.3, -0.25) is 4.39 Å². The molecule has 3 saturated carbocycles. The molecule has 2 heteroatoms. The summed E-state index contributed by atoms with van der Waals surface area (Å²) in [5.74, 6) is 5.21. The lowest BCUT2D eigenvalue weighted by molar-refractivity contribution is 0.108. The van der Waals surface area contributed by atoms with Crippen molar-refractivity contribution in [1.82, 2.24) is 0 Å². The fourth-order valence-corrected chi connectivity index (χ4v) is 6.52. The van der Waals surface area contributed by atoms with Crippen LogP contribution in [0.25, 0.3) is 0 Å². The number of nitrogens with zero attached hydrogens (tertiary/aromatic N) is 1. The topological polar surface area (TPSA) is 23.8 Å². The summed E-state index contributed by atoms with van der Waals surface area (Å²) in [4.78, 5) is 0. The highest BCUT2D eigenvalue weighted by atomic mass is 19.1. The van der Waals surface area contributed by atoms with Gasteiger partial charge in [0, 0.05) is 5.92 Å². The summed E-state index contributed by atoms with van der Waals surface area (Å²) in [5.41, 5.74) is 0. The summed E-state index contributed by atoms with van der Waals surface area (Å²) in [7, 11) is 0. The van der Waals surface area contributed by atoms with E-state index in [2.05, 4.69) is 18.2 Å². The molecule has 0 aromatic rings. The standard InChI is InChI=1S/C26H42FN/c27-19-5-3-1-2-4-6-21-7-11-23(12-8-21)25-15-17-26(18-16-25)24-13-9-22(20-28)10-14-24/h1-2,21-26H,3-19H2. The second kappa shape index (κ2) is 12.0. The van der Waals surface area contributed by atoms with E-state index in [-0.39, 0.29) is 6.67 Å². The van der Waals surface area contributed by atoms with Crippen LogP contribution in [0.4, 0.5) is 4.39 Å². The van der Waals surface area contributed by atoms with E-state index in [9.17, 15) is 4.39 Å². The molecular weight excluding hydrogens is 345 g/mol. The van der Waals surface area contributed by atoms with Crippen molar-refractivity contribution in [3.8, 4) is 6.07 Å². The Bertz CT molecular complexity index is 483. The molecular formula is C26H42FN. The zero-order chi connectivity index (χ0) is 19.6. The van der Waals surface area contributed by atoms with E-state index in [1.165, 1.54) is 77.0 Å². The Balaban J connectivity index is 1.29. The van der Waals surface area contributed by atoms with E-state index in [1.54, 1.807) is 0 Å².